The molecule has 1 heterocycles. The first kappa shape index (κ1) is 11.3. The van der Waals surface area contributed by atoms with Gasteiger partial charge in [0.1, 0.15) is 0 Å². The van der Waals surface area contributed by atoms with Crippen molar-refractivity contribution in [1.29, 1.82) is 0 Å². The maximum Gasteiger partial charge on any atom is 0.0514 e. The van der Waals surface area contributed by atoms with E-state index in [0.29, 0.717) is 6.04 Å². The van der Waals surface area contributed by atoms with Crippen LogP contribution in [-0.4, -0.2) is 6.54 Å². The van der Waals surface area contributed by atoms with Crippen molar-refractivity contribution in [2.24, 2.45) is 0 Å². The molecule has 0 saturated heterocycles. The summed E-state index contributed by atoms with van der Waals surface area (Å²) in [6.07, 6.45) is 2.47. The third kappa shape index (κ3) is 2.01. The molecule has 1 nitrogen and oxygen atoms in total. The van der Waals surface area contributed by atoms with E-state index < -0.39 is 0 Å². The van der Waals surface area contributed by atoms with Crippen molar-refractivity contribution in [3.05, 3.63) is 65.7 Å². The molecule has 0 unspecified atom stereocenters. The molecule has 0 bridgehead atoms. The maximum absolute atomic E-state index is 2.54. The molecule has 0 saturated carbocycles. The van der Waals surface area contributed by atoms with Crippen LogP contribution < -0.4 is 4.90 Å². The Kier molecular flexibility index (Phi) is 3.06. The van der Waals surface area contributed by atoms with Crippen molar-refractivity contribution in [2.75, 3.05) is 11.4 Å². The highest BCUT2D eigenvalue weighted by molar-refractivity contribution is 5.57. The van der Waals surface area contributed by atoms with Crippen LogP contribution in [0.2, 0.25) is 0 Å². The third-order valence-electron chi connectivity index (χ3n) is 3.90. The molecule has 0 amide bonds. The van der Waals surface area contributed by atoms with Gasteiger partial charge in [0.05, 0.1) is 6.04 Å². The molecule has 1 atom stereocenters. The molecule has 0 spiro atoms. The number of para-hydroxylation sites is 1. The molecule has 3 rings (SSSR count). The molecule has 18 heavy (non-hydrogen) atoms. The van der Waals surface area contributed by atoms with Gasteiger partial charge < -0.3 is 4.90 Å². The van der Waals surface area contributed by atoms with Crippen LogP contribution in [0.15, 0.2) is 54.6 Å². The summed E-state index contributed by atoms with van der Waals surface area (Å²) in [6, 6.07) is 20.1. The normalized spacial score (nSPS) is 16.2. The van der Waals surface area contributed by atoms with E-state index in [4.69, 9.17) is 0 Å². The Morgan fingerprint density at radius 3 is 2.50 bits per heavy atom. The quantitative estimate of drug-likeness (QED) is 0.756. The van der Waals surface area contributed by atoms with Crippen LogP contribution in [0.25, 0.3) is 0 Å². The summed E-state index contributed by atoms with van der Waals surface area (Å²) in [4.78, 5) is 2.54. The highest BCUT2D eigenvalue weighted by atomic mass is 15.2. The van der Waals surface area contributed by atoms with E-state index in [0.717, 1.165) is 6.54 Å². The predicted octanol–water partition coefficient (Wildman–Crippen LogP) is 4.20. The second-order valence-electron chi connectivity index (χ2n) is 5.01. The second kappa shape index (κ2) is 4.85. The Balaban J connectivity index is 1.94. The van der Waals surface area contributed by atoms with E-state index in [1.165, 1.54) is 29.7 Å². The van der Waals surface area contributed by atoms with Gasteiger partial charge >= 0.3 is 0 Å². The van der Waals surface area contributed by atoms with Crippen LogP contribution in [-0.2, 0) is 6.42 Å². The first-order chi connectivity index (χ1) is 8.86. The molecule has 1 aliphatic rings. The zero-order chi connectivity index (χ0) is 12.4. The Morgan fingerprint density at radius 1 is 0.944 bits per heavy atom. The molecular formula is C17H19N. The Morgan fingerprint density at radius 2 is 1.67 bits per heavy atom. The van der Waals surface area contributed by atoms with E-state index in [1.54, 1.807) is 0 Å². The highest BCUT2D eigenvalue weighted by Crippen LogP contribution is 2.33. The van der Waals surface area contributed by atoms with Crippen molar-refractivity contribution in [2.45, 2.75) is 25.8 Å². The lowest BCUT2D eigenvalue weighted by molar-refractivity contribution is 0.616. The van der Waals surface area contributed by atoms with Crippen LogP contribution in [0.3, 0.4) is 0 Å². The number of benzene rings is 2. The lowest BCUT2D eigenvalue weighted by atomic mass is 9.98. The fourth-order valence-electron chi connectivity index (χ4n) is 2.88. The average molecular weight is 237 g/mol. The highest BCUT2D eigenvalue weighted by Gasteiger charge is 2.21. The summed E-state index contributed by atoms with van der Waals surface area (Å²) in [5.74, 6) is 0. The smallest absolute Gasteiger partial charge is 0.0514 e. The van der Waals surface area contributed by atoms with Gasteiger partial charge in [0.25, 0.3) is 0 Å². The van der Waals surface area contributed by atoms with Gasteiger partial charge in [0, 0.05) is 12.2 Å². The Labute approximate surface area is 109 Å². The summed E-state index contributed by atoms with van der Waals surface area (Å²) < 4.78 is 0. The standard InChI is InChI=1S/C17H19N/c1-14(15-8-3-2-4-9-15)18-13-7-11-16-10-5-6-12-17(16)18/h2-6,8-10,12,14H,7,11,13H2,1H3/t14-/m1/s1. The topological polar surface area (TPSA) is 3.24 Å². The van der Waals surface area contributed by atoms with Crippen LogP contribution in [0, 0.1) is 0 Å². The first-order valence-corrected chi connectivity index (χ1v) is 6.76. The number of hydrogen-bond acceptors (Lipinski definition) is 1. The van der Waals surface area contributed by atoms with Gasteiger partial charge in [-0.3, -0.25) is 0 Å². The van der Waals surface area contributed by atoms with Crippen LogP contribution in [0.5, 0.6) is 0 Å². The number of nitrogens with zero attached hydrogens (tertiary/aromatic N) is 1. The van der Waals surface area contributed by atoms with Crippen LogP contribution in [0.1, 0.15) is 30.5 Å². The van der Waals surface area contributed by atoms with Crippen molar-refractivity contribution in [3.63, 3.8) is 0 Å². The summed E-state index contributed by atoms with van der Waals surface area (Å²) in [5, 5.41) is 0. The van der Waals surface area contributed by atoms with Crippen LogP contribution >= 0.6 is 0 Å². The lowest BCUT2D eigenvalue weighted by Gasteiger charge is -2.36. The summed E-state index contributed by atoms with van der Waals surface area (Å²) in [5.41, 5.74) is 4.31. The van der Waals surface area contributed by atoms with Crippen molar-refractivity contribution in [3.8, 4) is 0 Å². The van der Waals surface area contributed by atoms with E-state index in [-0.39, 0.29) is 0 Å². The van der Waals surface area contributed by atoms with Gasteiger partial charge in [-0.15, -0.1) is 0 Å². The molecular weight excluding hydrogens is 218 g/mol. The van der Waals surface area contributed by atoms with Gasteiger partial charge in [-0.05, 0) is 37.0 Å². The monoisotopic (exact) mass is 237 g/mol. The van der Waals surface area contributed by atoms with Crippen molar-refractivity contribution < 1.29 is 0 Å². The average Bonchev–Trinajstić information content (AvgIpc) is 2.47. The maximum atomic E-state index is 2.54. The van der Waals surface area contributed by atoms with Crippen molar-refractivity contribution >= 4 is 5.69 Å². The Hall–Kier alpha value is -1.76. The minimum absolute atomic E-state index is 0.452. The lowest BCUT2D eigenvalue weighted by Crippen LogP contribution is -2.31. The SMILES string of the molecule is C[C@H](c1ccccc1)N1CCCc2ccccc21. The van der Waals surface area contributed by atoms with E-state index >= 15 is 0 Å². The van der Waals surface area contributed by atoms with E-state index in [2.05, 4.69) is 66.4 Å². The molecule has 0 fully saturated rings. The summed E-state index contributed by atoms with van der Waals surface area (Å²) in [7, 11) is 0. The molecule has 0 radical (unpaired) electrons. The Bertz CT molecular complexity index is 518. The minimum atomic E-state index is 0.452. The second-order valence-corrected chi connectivity index (χ2v) is 5.01. The molecule has 0 aromatic heterocycles. The van der Waals surface area contributed by atoms with Gasteiger partial charge in [-0.25, -0.2) is 0 Å². The third-order valence-corrected chi connectivity index (χ3v) is 3.90. The zero-order valence-electron chi connectivity index (χ0n) is 10.8. The minimum Gasteiger partial charge on any atom is -0.365 e. The van der Waals surface area contributed by atoms with E-state index in [9.17, 15) is 0 Å². The van der Waals surface area contributed by atoms with Gasteiger partial charge in [-0.1, -0.05) is 48.5 Å². The zero-order valence-corrected chi connectivity index (χ0v) is 10.8. The van der Waals surface area contributed by atoms with Gasteiger partial charge in [0.15, 0.2) is 0 Å². The number of fused-ring (bicyclic) bond motifs is 1. The molecule has 1 aliphatic heterocycles. The van der Waals surface area contributed by atoms with E-state index in [1.807, 2.05) is 0 Å². The molecule has 1 heteroatoms. The fraction of sp³-hybridized carbons (Fsp3) is 0.294. The van der Waals surface area contributed by atoms with Crippen LogP contribution in [0.4, 0.5) is 5.69 Å². The summed E-state index contributed by atoms with van der Waals surface area (Å²) >= 11 is 0. The van der Waals surface area contributed by atoms with Gasteiger partial charge in [0.2, 0.25) is 0 Å². The predicted molar refractivity (Wildman–Crippen MR) is 77.0 cm³/mol. The number of aryl methyl sites for hydroxylation is 1. The molecule has 2 aromatic carbocycles. The van der Waals surface area contributed by atoms with Crippen molar-refractivity contribution in [1.82, 2.24) is 0 Å². The molecule has 0 aliphatic carbocycles. The number of hydrogen-bond donors (Lipinski definition) is 0. The largest absolute Gasteiger partial charge is 0.365 e. The molecule has 0 N–H and O–H groups in total. The molecule has 2 aromatic rings. The number of anilines is 1. The first-order valence-electron chi connectivity index (χ1n) is 6.76. The summed E-state index contributed by atoms with van der Waals surface area (Å²) in [6.45, 7) is 3.46. The molecule has 92 valence electrons. The number of rotatable bonds is 2. The fourth-order valence-corrected chi connectivity index (χ4v) is 2.88. The van der Waals surface area contributed by atoms with Gasteiger partial charge in [-0.2, -0.15) is 0 Å².